The molecule has 4 rings (SSSR count). The van der Waals surface area contributed by atoms with Crippen LogP contribution in [0.1, 0.15) is 65.2 Å². The standard InChI is InChI=1S/C19H28O2/c1-18-9-7-13(20)11-12(18)3-4-14-15-5-6-17(21)19(15,2)10-8-16(14)18/h11,14-17,21H,3-10H2,1-2H3/t14-,15-,16-,17-,18-,19-/m0/s1/i15+2. The minimum Gasteiger partial charge on any atom is -0.393 e. The maximum absolute atomic E-state index is 11.8. The summed E-state index contributed by atoms with van der Waals surface area (Å²) in [6.07, 6.45) is 10.7. The number of aliphatic hydroxyl groups excluding tert-OH is 1. The highest BCUT2D eigenvalue weighted by atomic mass is 16.3. The molecule has 0 aromatic rings. The molecule has 0 radical (unpaired) electrons. The fourth-order valence-electron chi connectivity index (χ4n) is 6.53. The van der Waals surface area contributed by atoms with E-state index in [4.69, 9.17) is 0 Å². The fraction of sp³-hybridized carbons (Fsp3) is 0.842. The van der Waals surface area contributed by atoms with Gasteiger partial charge in [-0.25, -0.2) is 0 Å². The number of aliphatic hydroxyl groups is 1. The fourth-order valence-corrected chi connectivity index (χ4v) is 6.53. The van der Waals surface area contributed by atoms with Gasteiger partial charge in [0.2, 0.25) is 0 Å². The van der Waals surface area contributed by atoms with Crippen LogP contribution in [0.25, 0.3) is 0 Å². The molecule has 2 heteroatoms. The predicted molar refractivity (Wildman–Crippen MR) is 82.7 cm³/mol. The van der Waals surface area contributed by atoms with Crippen molar-refractivity contribution >= 4 is 5.78 Å². The van der Waals surface area contributed by atoms with Crippen molar-refractivity contribution in [1.29, 1.82) is 0 Å². The van der Waals surface area contributed by atoms with Crippen molar-refractivity contribution in [1.82, 2.24) is 0 Å². The Morgan fingerprint density at radius 1 is 1.19 bits per heavy atom. The van der Waals surface area contributed by atoms with Gasteiger partial charge in [-0.05, 0) is 79.6 Å². The molecule has 116 valence electrons. The molecular weight excluding hydrogens is 262 g/mol. The van der Waals surface area contributed by atoms with Crippen LogP contribution in [-0.4, -0.2) is 17.0 Å². The maximum atomic E-state index is 11.8. The molecular formula is C19H28O2. The number of hydrogen-bond donors (Lipinski definition) is 1. The second kappa shape index (κ2) is 4.44. The molecule has 0 heterocycles. The van der Waals surface area contributed by atoms with E-state index in [9.17, 15) is 9.90 Å². The Morgan fingerprint density at radius 2 is 2.00 bits per heavy atom. The van der Waals surface area contributed by atoms with E-state index in [0.717, 1.165) is 37.5 Å². The minimum absolute atomic E-state index is 0.0823. The molecule has 21 heavy (non-hydrogen) atoms. The average molecular weight is 290 g/mol. The third kappa shape index (κ3) is 1.78. The van der Waals surface area contributed by atoms with Crippen molar-refractivity contribution < 1.29 is 9.90 Å². The summed E-state index contributed by atoms with van der Waals surface area (Å²) in [6.45, 7) is 4.76. The van der Waals surface area contributed by atoms with E-state index in [-0.39, 0.29) is 16.9 Å². The van der Waals surface area contributed by atoms with Crippen molar-refractivity contribution in [3.63, 3.8) is 0 Å². The molecule has 3 saturated carbocycles. The van der Waals surface area contributed by atoms with Crippen LogP contribution in [0.4, 0.5) is 0 Å². The summed E-state index contributed by atoms with van der Waals surface area (Å²) in [5, 5.41) is 10.4. The number of fused-ring (bicyclic) bond motifs is 5. The highest BCUT2D eigenvalue weighted by Gasteiger charge is 2.58. The highest BCUT2D eigenvalue weighted by molar-refractivity contribution is 5.91. The average Bonchev–Trinajstić information content (AvgIpc) is 2.76. The third-order valence-corrected chi connectivity index (χ3v) is 7.91. The summed E-state index contributed by atoms with van der Waals surface area (Å²) in [7, 11) is 0. The molecule has 0 aliphatic heterocycles. The number of carbonyl (C=O) groups is 1. The monoisotopic (exact) mass is 290 g/mol. The number of ketones is 1. The molecule has 4 aliphatic rings. The van der Waals surface area contributed by atoms with E-state index >= 15 is 0 Å². The summed E-state index contributed by atoms with van der Waals surface area (Å²) >= 11 is 0. The van der Waals surface area contributed by atoms with Crippen molar-refractivity contribution in [3.8, 4) is 0 Å². The Labute approximate surface area is 128 Å². The van der Waals surface area contributed by atoms with Gasteiger partial charge in [-0.3, -0.25) is 4.79 Å². The maximum Gasteiger partial charge on any atom is 0.155 e. The van der Waals surface area contributed by atoms with Gasteiger partial charge in [-0.15, -0.1) is 0 Å². The predicted octanol–water partition coefficient (Wildman–Crippen LogP) is 3.88. The summed E-state index contributed by atoms with van der Waals surface area (Å²) in [5.41, 5.74) is 1.89. The molecule has 0 saturated heterocycles. The van der Waals surface area contributed by atoms with E-state index in [1.54, 1.807) is 0 Å². The zero-order valence-electron chi connectivity index (χ0n) is 13.4. The lowest BCUT2D eigenvalue weighted by Crippen LogP contribution is -2.51. The van der Waals surface area contributed by atoms with Gasteiger partial charge < -0.3 is 5.11 Å². The Balaban J connectivity index is 1.69. The van der Waals surface area contributed by atoms with Crippen LogP contribution in [0, 0.1) is 28.6 Å². The van der Waals surface area contributed by atoms with Gasteiger partial charge in [0.05, 0.1) is 6.10 Å². The summed E-state index contributed by atoms with van der Waals surface area (Å²) in [4.78, 5) is 11.8. The second-order valence-electron chi connectivity index (χ2n) is 8.61. The van der Waals surface area contributed by atoms with Gasteiger partial charge >= 0.3 is 0 Å². The summed E-state index contributed by atoms with van der Waals surface area (Å²) in [6, 6.07) is 0. The molecule has 6 atom stereocenters. The number of allylic oxidation sites excluding steroid dienone is 1. The van der Waals surface area contributed by atoms with E-state index in [2.05, 4.69) is 13.8 Å². The lowest BCUT2D eigenvalue weighted by molar-refractivity contribution is -0.118. The molecule has 0 bridgehead atoms. The molecule has 0 aromatic heterocycles. The molecule has 2 nitrogen and oxygen atoms in total. The smallest absolute Gasteiger partial charge is 0.155 e. The van der Waals surface area contributed by atoms with Crippen molar-refractivity contribution in [2.45, 2.75) is 71.3 Å². The van der Waals surface area contributed by atoms with Gasteiger partial charge in [-0.1, -0.05) is 19.4 Å². The minimum atomic E-state index is -0.0823. The van der Waals surface area contributed by atoms with E-state index in [0.29, 0.717) is 11.7 Å². The van der Waals surface area contributed by atoms with Crippen LogP contribution < -0.4 is 0 Å². The lowest BCUT2D eigenvalue weighted by Gasteiger charge is -2.57. The molecule has 1 N–H and O–H groups in total. The SMILES string of the molecule is C[C@]12CCC(=O)C=C1CC[C@@H]1[C@@H]2CC[C@]2(C)[C@@H](O)CC[14C@@H]12. The molecule has 0 spiro atoms. The third-order valence-electron chi connectivity index (χ3n) is 7.91. The van der Waals surface area contributed by atoms with Crippen LogP contribution in [0.2, 0.25) is 0 Å². The second-order valence-corrected chi connectivity index (χ2v) is 8.61. The van der Waals surface area contributed by atoms with Crippen molar-refractivity contribution in [2.75, 3.05) is 0 Å². The summed E-state index contributed by atoms with van der Waals surface area (Å²) in [5.74, 6) is 2.57. The zero-order valence-corrected chi connectivity index (χ0v) is 13.4. The van der Waals surface area contributed by atoms with Crippen LogP contribution >= 0.6 is 0 Å². The van der Waals surface area contributed by atoms with Gasteiger partial charge in [-0.2, -0.15) is 0 Å². The first-order valence-electron chi connectivity index (χ1n) is 8.87. The van der Waals surface area contributed by atoms with Crippen molar-refractivity contribution in [2.24, 2.45) is 28.6 Å². The van der Waals surface area contributed by atoms with Gasteiger partial charge in [0.1, 0.15) is 0 Å². The Hall–Kier alpha value is -0.630. The van der Waals surface area contributed by atoms with Crippen LogP contribution in [0.5, 0.6) is 0 Å². The van der Waals surface area contributed by atoms with Gasteiger partial charge in [0, 0.05) is 6.42 Å². The Kier molecular flexibility index (Phi) is 2.96. The van der Waals surface area contributed by atoms with Gasteiger partial charge in [0.15, 0.2) is 5.78 Å². The van der Waals surface area contributed by atoms with E-state index in [1.165, 1.54) is 31.3 Å². The quantitative estimate of drug-likeness (QED) is 0.735. The van der Waals surface area contributed by atoms with Crippen LogP contribution in [0.15, 0.2) is 11.6 Å². The first-order chi connectivity index (χ1) is 9.95. The molecule has 4 aliphatic carbocycles. The number of hydrogen-bond acceptors (Lipinski definition) is 2. The highest BCUT2D eigenvalue weighted by Crippen LogP contribution is 2.65. The largest absolute Gasteiger partial charge is 0.393 e. The molecule has 0 amide bonds. The van der Waals surface area contributed by atoms with Crippen molar-refractivity contribution in [3.05, 3.63) is 11.6 Å². The molecule has 0 aromatic carbocycles. The van der Waals surface area contributed by atoms with E-state index in [1.807, 2.05) is 6.08 Å². The van der Waals surface area contributed by atoms with Gasteiger partial charge in [0.25, 0.3) is 0 Å². The van der Waals surface area contributed by atoms with Crippen LogP contribution in [-0.2, 0) is 4.79 Å². The van der Waals surface area contributed by atoms with Crippen LogP contribution in [0.3, 0.4) is 0 Å². The lowest BCUT2D eigenvalue weighted by atomic mass is 9.55. The number of rotatable bonds is 0. The van der Waals surface area contributed by atoms with E-state index < -0.39 is 0 Å². The Bertz CT molecular complexity index is 508. The normalized spacial score (nSPS) is 52.7. The topological polar surface area (TPSA) is 37.3 Å². The first kappa shape index (κ1) is 14.0. The first-order valence-corrected chi connectivity index (χ1v) is 8.87. The summed E-state index contributed by atoms with van der Waals surface area (Å²) < 4.78 is 0. The molecule has 0 unspecified atom stereocenters. The molecule has 3 fully saturated rings. The Morgan fingerprint density at radius 3 is 2.81 bits per heavy atom. The number of carbonyl (C=O) groups excluding carboxylic acids is 1. The zero-order chi connectivity index (χ0) is 14.8.